The second-order valence-electron chi connectivity index (χ2n) is 5.66. The maximum Gasteiger partial charge on any atom is 0.285 e. The van der Waals surface area contributed by atoms with Gasteiger partial charge < -0.3 is 14.4 Å². The molecular weight excluding hydrogens is 266 g/mol. The molecule has 1 N–H and O–H groups in total. The largest absolute Gasteiger partial charge is 0.471 e. The van der Waals surface area contributed by atoms with E-state index in [2.05, 4.69) is 54.0 Å². The van der Waals surface area contributed by atoms with Crippen molar-refractivity contribution in [3.8, 4) is 5.88 Å². The summed E-state index contributed by atoms with van der Waals surface area (Å²) in [5.74, 6) is 0.191. The van der Waals surface area contributed by atoms with Gasteiger partial charge in [0, 0.05) is 0 Å². The summed E-state index contributed by atoms with van der Waals surface area (Å²) in [4.78, 5) is 0. The molecule has 1 heterocycles. The molecule has 0 amide bonds. The second kappa shape index (κ2) is 6.16. The Morgan fingerprint density at radius 2 is 2.00 bits per heavy atom. The Balaban J connectivity index is 2.41. The third-order valence-corrected chi connectivity index (χ3v) is 7.79. The van der Waals surface area contributed by atoms with E-state index in [9.17, 15) is 0 Å². The predicted molar refractivity (Wildman–Crippen MR) is 72.3 cm³/mol. The van der Waals surface area contributed by atoms with E-state index >= 15 is 0 Å². The second-order valence-corrected chi connectivity index (χ2v) is 10.5. The van der Waals surface area contributed by atoms with Crippen molar-refractivity contribution < 1.29 is 19.0 Å². The normalized spacial score (nSPS) is 13.1. The third-order valence-electron chi connectivity index (χ3n) is 3.25. The molecule has 0 aliphatic carbocycles. The number of ether oxygens (including phenoxy) is 1. The van der Waals surface area contributed by atoms with Crippen LogP contribution in [0.15, 0.2) is 9.78 Å². The molecule has 0 unspecified atom stereocenters. The summed E-state index contributed by atoms with van der Waals surface area (Å²) in [7, 11) is -1.76. The highest BCUT2D eigenvalue weighted by atomic mass is 28.4. The minimum Gasteiger partial charge on any atom is -0.471 e. The maximum absolute atomic E-state index is 8.42. The van der Waals surface area contributed by atoms with E-state index < -0.39 is 8.32 Å². The molecule has 0 aliphatic rings. The van der Waals surface area contributed by atoms with Crippen molar-refractivity contribution in [2.24, 2.45) is 5.16 Å². The van der Waals surface area contributed by atoms with Gasteiger partial charge in [-0.25, -0.2) is 4.63 Å². The van der Waals surface area contributed by atoms with Gasteiger partial charge in [-0.15, -0.1) is 0 Å². The molecule has 0 spiro atoms. The highest BCUT2D eigenvalue weighted by Crippen LogP contribution is 2.36. The molecule has 0 bridgehead atoms. The first-order valence-corrected chi connectivity index (χ1v) is 8.95. The zero-order valence-corrected chi connectivity index (χ0v) is 13.0. The molecule has 1 aromatic rings. The van der Waals surface area contributed by atoms with Crippen molar-refractivity contribution in [1.29, 1.82) is 0 Å². The van der Waals surface area contributed by atoms with Crippen molar-refractivity contribution >= 4 is 14.5 Å². The predicted octanol–water partition coefficient (Wildman–Crippen LogP) is 2.28. The number of hydrogen-bond acceptors (Lipinski definition) is 7. The zero-order chi connectivity index (χ0) is 14.5. The molecule has 7 nitrogen and oxygen atoms in total. The van der Waals surface area contributed by atoms with Gasteiger partial charge in [-0.2, -0.15) is 0 Å². The topological polar surface area (TPSA) is 90.0 Å². The Kier molecular flexibility index (Phi) is 5.07. The van der Waals surface area contributed by atoms with Crippen LogP contribution in [-0.2, 0) is 4.43 Å². The molecule has 0 aromatic carbocycles. The monoisotopic (exact) mass is 287 g/mol. The van der Waals surface area contributed by atoms with E-state index in [1.165, 1.54) is 0 Å². The van der Waals surface area contributed by atoms with E-state index in [-0.39, 0.29) is 16.6 Å². The van der Waals surface area contributed by atoms with Crippen LogP contribution in [0.1, 0.15) is 26.5 Å². The average Bonchev–Trinajstić information content (AvgIpc) is 2.71. The van der Waals surface area contributed by atoms with Gasteiger partial charge in [-0.3, -0.25) is 0 Å². The number of oxime groups is 1. The first-order valence-electron chi connectivity index (χ1n) is 6.04. The molecule has 8 heteroatoms. The third kappa shape index (κ3) is 4.32. The van der Waals surface area contributed by atoms with Crippen LogP contribution >= 0.6 is 0 Å². The molecular formula is C11H21N3O4Si. The number of aromatic nitrogens is 2. The van der Waals surface area contributed by atoms with Gasteiger partial charge in [0.05, 0.1) is 6.61 Å². The van der Waals surface area contributed by atoms with Crippen molar-refractivity contribution in [1.82, 2.24) is 10.3 Å². The molecule has 0 saturated carbocycles. The lowest BCUT2D eigenvalue weighted by Crippen LogP contribution is -2.41. The standard InChI is InChI=1S/C11H21N3O4Si/c1-11(2,3)19(4,5)17-7-6-16-10-9(8-12-15)13-18-14-10/h8,15H,6-7H2,1-5H3. The van der Waals surface area contributed by atoms with Crippen LogP contribution in [0.2, 0.25) is 18.1 Å². The summed E-state index contributed by atoms with van der Waals surface area (Å²) >= 11 is 0. The fourth-order valence-corrected chi connectivity index (χ4v) is 2.10. The smallest absolute Gasteiger partial charge is 0.285 e. The number of hydrogen-bond donors (Lipinski definition) is 1. The van der Waals surface area contributed by atoms with Crippen molar-refractivity contribution in [2.75, 3.05) is 13.2 Å². The summed E-state index contributed by atoms with van der Waals surface area (Å²) < 4.78 is 15.8. The van der Waals surface area contributed by atoms with E-state index in [0.29, 0.717) is 13.2 Å². The Bertz CT molecular complexity index is 426. The Morgan fingerprint density at radius 1 is 1.32 bits per heavy atom. The first kappa shape index (κ1) is 15.6. The van der Waals surface area contributed by atoms with E-state index in [1.807, 2.05) is 0 Å². The van der Waals surface area contributed by atoms with Crippen LogP contribution in [0.25, 0.3) is 0 Å². The molecule has 0 fully saturated rings. The van der Waals surface area contributed by atoms with Gasteiger partial charge in [0.15, 0.2) is 14.0 Å². The average molecular weight is 287 g/mol. The van der Waals surface area contributed by atoms with Crippen molar-refractivity contribution in [3.05, 3.63) is 5.69 Å². The molecule has 0 radical (unpaired) electrons. The molecule has 108 valence electrons. The molecule has 19 heavy (non-hydrogen) atoms. The Morgan fingerprint density at radius 3 is 2.58 bits per heavy atom. The summed E-state index contributed by atoms with van der Waals surface area (Å²) in [6, 6.07) is 0. The van der Waals surface area contributed by atoms with E-state index in [4.69, 9.17) is 14.4 Å². The van der Waals surface area contributed by atoms with Crippen LogP contribution in [0.3, 0.4) is 0 Å². The van der Waals surface area contributed by atoms with Gasteiger partial charge >= 0.3 is 0 Å². The zero-order valence-electron chi connectivity index (χ0n) is 12.0. The van der Waals surface area contributed by atoms with Crippen LogP contribution in [0.4, 0.5) is 0 Å². The lowest BCUT2D eigenvalue weighted by molar-refractivity contribution is 0.189. The molecule has 0 atom stereocenters. The molecule has 0 aliphatic heterocycles. The quantitative estimate of drug-likeness (QED) is 0.284. The maximum atomic E-state index is 8.42. The highest BCUT2D eigenvalue weighted by molar-refractivity contribution is 6.74. The Labute approximate surface area is 113 Å². The van der Waals surface area contributed by atoms with Crippen LogP contribution in [-0.4, -0.2) is 43.3 Å². The summed E-state index contributed by atoms with van der Waals surface area (Å²) in [5.41, 5.74) is 0.245. The summed E-state index contributed by atoms with van der Waals surface area (Å²) in [6.45, 7) is 11.7. The van der Waals surface area contributed by atoms with Crippen molar-refractivity contribution in [3.63, 3.8) is 0 Å². The number of rotatable bonds is 6. The van der Waals surface area contributed by atoms with Gasteiger partial charge in [-0.05, 0) is 28.4 Å². The van der Waals surface area contributed by atoms with Crippen LogP contribution in [0, 0.1) is 0 Å². The van der Waals surface area contributed by atoms with Gasteiger partial charge in [0.2, 0.25) is 0 Å². The number of nitrogens with zero attached hydrogens (tertiary/aromatic N) is 3. The molecule has 1 rings (SSSR count). The fourth-order valence-electron chi connectivity index (χ4n) is 1.07. The van der Waals surface area contributed by atoms with Gasteiger partial charge in [-0.1, -0.05) is 25.9 Å². The van der Waals surface area contributed by atoms with E-state index in [0.717, 1.165) is 6.21 Å². The fraction of sp³-hybridized carbons (Fsp3) is 0.727. The van der Waals surface area contributed by atoms with Crippen LogP contribution in [0.5, 0.6) is 5.88 Å². The van der Waals surface area contributed by atoms with Gasteiger partial charge in [0.25, 0.3) is 5.88 Å². The highest BCUT2D eigenvalue weighted by Gasteiger charge is 2.36. The summed E-state index contributed by atoms with van der Waals surface area (Å²) in [6.07, 6.45) is 1.10. The Hall–Kier alpha value is -1.41. The van der Waals surface area contributed by atoms with Gasteiger partial charge in [0.1, 0.15) is 12.8 Å². The molecule has 1 aromatic heterocycles. The summed E-state index contributed by atoms with van der Waals surface area (Å²) in [5, 5.41) is 18.5. The first-order chi connectivity index (χ1) is 8.78. The van der Waals surface area contributed by atoms with E-state index in [1.54, 1.807) is 0 Å². The minimum atomic E-state index is -1.76. The SMILES string of the molecule is CC(C)(C)[Si](C)(C)OCCOc1nonc1C=NO. The van der Waals surface area contributed by atoms with Crippen LogP contribution < -0.4 is 4.74 Å². The lowest BCUT2D eigenvalue weighted by atomic mass is 10.2. The van der Waals surface area contributed by atoms with Crippen molar-refractivity contribution in [2.45, 2.75) is 38.9 Å². The lowest BCUT2D eigenvalue weighted by Gasteiger charge is -2.36. The minimum absolute atomic E-state index is 0.164. The molecule has 0 saturated heterocycles.